The molecule has 0 aliphatic rings. The van der Waals surface area contributed by atoms with Crippen LogP contribution < -0.4 is 11.1 Å². The van der Waals surface area contributed by atoms with Crippen LogP contribution in [0, 0.1) is 5.92 Å². The molecule has 0 aliphatic carbocycles. The van der Waals surface area contributed by atoms with Gasteiger partial charge in [0, 0.05) is 6.54 Å². The molecule has 0 aromatic rings. The molecule has 0 bridgehead atoms. The second-order valence-corrected chi connectivity index (χ2v) is 5.06. The predicted octanol–water partition coefficient (Wildman–Crippen LogP) is 0.949. The highest BCUT2D eigenvalue weighted by atomic mass is 16.6. The largest absolute Gasteiger partial charge is 0.480 e. The molecule has 4 N–H and O–H groups in total. The molecule has 0 aromatic heterocycles. The van der Waals surface area contributed by atoms with E-state index in [4.69, 9.17) is 15.6 Å². The van der Waals surface area contributed by atoms with Gasteiger partial charge in [-0.05, 0) is 33.1 Å². The fraction of sp³-hybridized carbons (Fsp3) is 0.818. The third-order valence-corrected chi connectivity index (χ3v) is 2.17. The molecule has 0 heterocycles. The number of hydrogen-bond acceptors (Lipinski definition) is 4. The number of ether oxygens (including phenoxy) is 1. The smallest absolute Gasteiger partial charge is 0.407 e. The van der Waals surface area contributed by atoms with Gasteiger partial charge < -0.3 is 20.9 Å². The van der Waals surface area contributed by atoms with Crippen molar-refractivity contribution in [2.24, 2.45) is 11.7 Å². The summed E-state index contributed by atoms with van der Waals surface area (Å²) in [6.07, 6.45) is -0.0132. The summed E-state index contributed by atoms with van der Waals surface area (Å²) in [6.45, 7) is 7.40. The molecule has 17 heavy (non-hydrogen) atoms. The number of hydrogen-bond donors (Lipinski definition) is 3. The topological polar surface area (TPSA) is 102 Å². The molecule has 0 aromatic carbocycles. The Bertz CT molecular complexity index is 273. The summed E-state index contributed by atoms with van der Waals surface area (Å²) in [4.78, 5) is 21.9. The van der Waals surface area contributed by atoms with Crippen LogP contribution in [0.3, 0.4) is 0 Å². The highest BCUT2D eigenvalue weighted by Gasteiger charge is 2.20. The van der Waals surface area contributed by atoms with Gasteiger partial charge in [-0.15, -0.1) is 0 Å². The van der Waals surface area contributed by atoms with Crippen molar-refractivity contribution in [3.63, 3.8) is 0 Å². The molecular weight excluding hydrogens is 224 g/mol. The van der Waals surface area contributed by atoms with Crippen LogP contribution in [-0.2, 0) is 9.53 Å². The Labute approximate surface area is 102 Å². The molecule has 1 amide bonds. The fourth-order valence-corrected chi connectivity index (χ4v) is 1.14. The van der Waals surface area contributed by atoms with Gasteiger partial charge >= 0.3 is 12.1 Å². The number of carbonyl (C=O) groups excluding carboxylic acids is 1. The number of carbonyl (C=O) groups is 2. The first kappa shape index (κ1) is 15.7. The van der Waals surface area contributed by atoms with Crippen molar-refractivity contribution < 1.29 is 19.4 Å². The van der Waals surface area contributed by atoms with E-state index in [2.05, 4.69) is 5.32 Å². The Hall–Kier alpha value is -1.30. The Morgan fingerprint density at radius 3 is 2.35 bits per heavy atom. The lowest BCUT2D eigenvalue weighted by atomic mass is 9.99. The Morgan fingerprint density at radius 2 is 1.94 bits per heavy atom. The second-order valence-electron chi connectivity index (χ2n) is 5.06. The number of aliphatic carboxylic acids is 1. The van der Waals surface area contributed by atoms with E-state index in [0.717, 1.165) is 0 Å². The van der Waals surface area contributed by atoms with Crippen LogP contribution in [0.5, 0.6) is 0 Å². The van der Waals surface area contributed by atoms with Crippen LogP contribution in [0.1, 0.15) is 34.1 Å². The zero-order chi connectivity index (χ0) is 13.6. The molecule has 0 fully saturated rings. The summed E-state index contributed by atoms with van der Waals surface area (Å²) >= 11 is 0. The van der Waals surface area contributed by atoms with Crippen LogP contribution in [0.15, 0.2) is 0 Å². The van der Waals surface area contributed by atoms with Crippen molar-refractivity contribution in [1.29, 1.82) is 0 Å². The molecule has 6 heteroatoms. The minimum absolute atomic E-state index is 0.206. The van der Waals surface area contributed by atoms with E-state index in [-0.39, 0.29) is 5.92 Å². The lowest BCUT2D eigenvalue weighted by molar-refractivity contribution is -0.139. The van der Waals surface area contributed by atoms with Crippen molar-refractivity contribution in [1.82, 2.24) is 5.32 Å². The molecular formula is C11H22N2O4. The number of nitrogens with two attached hydrogens (primary N) is 1. The monoisotopic (exact) mass is 246 g/mol. The normalized spacial score (nSPS) is 14.9. The van der Waals surface area contributed by atoms with E-state index < -0.39 is 23.7 Å². The third-order valence-electron chi connectivity index (χ3n) is 2.17. The van der Waals surface area contributed by atoms with Crippen molar-refractivity contribution in [2.45, 2.75) is 45.8 Å². The minimum atomic E-state index is -1.03. The van der Waals surface area contributed by atoms with Crippen LogP contribution in [0.25, 0.3) is 0 Å². The first-order valence-electron chi connectivity index (χ1n) is 5.58. The third kappa shape index (κ3) is 7.57. The zero-order valence-corrected chi connectivity index (χ0v) is 10.8. The van der Waals surface area contributed by atoms with Gasteiger partial charge in [-0.1, -0.05) is 6.92 Å². The molecule has 0 saturated carbocycles. The average molecular weight is 246 g/mol. The Kier molecular flexibility index (Phi) is 5.95. The van der Waals surface area contributed by atoms with E-state index in [1.807, 2.05) is 0 Å². The van der Waals surface area contributed by atoms with Gasteiger partial charge in [0.25, 0.3) is 0 Å². The quantitative estimate of drug-likeness (QED) is 0.670. The average Bonchev–Trinajstić information content (AvgIpc) is 2.13. The zero-order valence-electron chi connectivity index (χ0n) is 10.8. The highest BCUT2D eigenvalue weighted by Crippen LogP contribution is 2.08. The van der Waals surface area contributed by atoms with Gasteiger partial charge in [0.2, 0.25) is 0 Å². The SMILES string of the molecule is CC(CCNC(=O)OC(C)(C)C)C(N)C(=O)O. The summed E-state index contributed by atoms with van der Waals surface area (Å²) in [5, 5.41) is 11.2. The van der Waals surface area contributed by atoms with Crippen molar-refractivity contribution >= 4 is 12.1 Å². The molecule has 0 radical (unpaired) electrons. The maximum atomic E-state index is 11.3. The lowest BCUT2D eigenvalue weighted by Gasteiger charge is -2.20. The minimum Gasteiger partial charge on any atom is -0.480 e. The van der Waals surface area contributed by atoms with E-state index in [1.165, 1.54) is 0 Å². The van der Waals surface area contributed by atoms with Crippen molar-refractivity contribution in [3.8, 4) is 0 Å². The number of rotatable bonds is 5. The van der Waals surface area contributed by atoms with E-state index >= 15 is 0 Å². The van der Waals surface area contributed by atoms with Crippen LogP contribution in [0.2, 0.25) is 0 Å². The Morgan fingerprint density at radius 1 is 1.41 bits per heavy atom. The summed E-state index contributed by atoms with van der Waals surface area (Å²) < 4.78 is 5.03. The van der Waals surface area contributed by atoms with E-state index in [9.17, 15) is 9.59 Å². The Balaban J connectivity index is 3.85. The van der Waals surface area contributed by atoms with Gasteiger partial charge in [0.15, 0.2) is 0 Å². The van der Waals surface area contributed by atoms with Crippen LogP contribution >= 0.6 is 0 Å². The molecule has 0 saturated heterocycles. The molecule has 6 nitrogen and oxygen atoms in total. The van der Waals surface area contributed by atoms with Gasteiger partial charge in [0.1, 0.15) is 11.6 Å². The van der Waals surface area contributed by atoms with E-state index in [1.54, 1.807) is 27.7 Å². The first-order chi connectivity index (χ1) is 7.63. The van der Waals surface area contributed by atoms with Crippen LogP contribution in [-0.4, -0.2) is 35.4 Å². The highest BCUT2D eigenvalue weighted by molar-refractivity contribution is 5.73. The van der Waals surface area contributed by atoms with Gasteiger partial charge in [-0.3, -0.25) is 4.79 Å². The number of nitrogens with one attached hydrogen (secondary N) is 1. The summed E-state index contributed by atoms with van der Waals surface area (Å²) in [5.74, 6) is -1.24. The number of amides is 1. The van der Waals surface area contributed by atoms with Gasteiger partial charge in [-0.25, -0.2) is 4.79 Å². The molecule has 2 atom stereocenters. The molecule has 0 aliphatic heterocycles. The molecule has 100 valence electrons. The van der Waals surface area contributed by atoms with Gasteiger partial charge in [-0.2, -0.15) is 0 Å². The van der Waals surface area contributed by atoms with Crippen molar-refractivity contribution in [2.75, 3.05) is 6.54 Å². The fourth-order valence-electron chi connectivity index (χ4n) is 1.14. The van der Waals surface area contributed by atoms with Crippen molar-refractivity contribution in [3.05, 3.63) is 0 Å². The first-order valence-corrected chi connectivity index (χ1v) is 5.58. The molecule has 2 unspecified atom stereocenters. The second kappa shape index (κ2) is 6.44. The summed E-state index contributed by atoms with van der Waals surface area (Å²) in [5.41, 5.74) is 4.90. The lowest BCUT2D eigenvalue weighted by Crippen LogP contribution is -2.39. The molecule has 0 rings (SSSR count). The maximum Gasteiger partial charge on any atom is 0.407 e. The predicted molar refractivity (Wildman–Crippen MR) is 63.6 cm³/mol. The molecule has 0 spiro atoms. The number of carboxylic acid groups (broad SMARTS) is 1. The van der Waals surface area contributed by atoms with Gasteiger partial charge in [0.05, 0.1) is 0 Å². The summed E-state index contributed by atoms with van der Waals surface area (Å²) in [7, 11) is 0. The number of carboxylic acids is 1. The van der Waals surface area contributed by atoms with E-state index in [0.29, 0.717) is 13.0 Å². The van der Waals surface area contributed by atoms with Crippen LogP contribution in [0.4, 0.5) is 4.79 Å². The summed E-state index contributed by atoms with van der Waals surface area (Å²) in [6, 6.07) is -0.907. The maximum absolute atomic E-state index is 11.3. The standard InChI is InChI=1S/C11H22N2O4/c1-7(8(12)9(14)15)5-6-13-10(16)17-11(2,3)4/h7-8H,5-6,12H2,1-4H3,(H,13,16)(H,14,15). The number of alkyl carbamates (subject to hydrolysis) is 1.